The van der Waals surface area contributed by atoms with E-state index in [1.54, 1.807) is 11.8 Å². The summed E-state index contributed by atoms with van der Waals surface area (Å²) in [5.41, 5.74) is 3.36. The number of nitrogens with zero attached hydrogens (tertiary/aromatic N) is 2. The Kier molecular flexibility index (Phi) is 4.42. The zero-order valence-electron chi connectivity index (χ0n) is 13.3. The second-order valence-electron chi connectivity index (χ2n) is 6.19. The normalized spacial score (nSPS) is 20.9. The maximum atomic E-state index is 12.4. The van der Waals surface area contributed by atoms with Gasteiger partial charge in [0.05, 0.1) is 5.75 Å². The van der Waals surface area contributed by atoms with Crippen LogP contribution in [0.25, 0.3) is 0 Å². The fourth-order valence-corrected chi connectivity index (χ4v) is 4.68. The average molecular weight is 359 g/mol. The first-order chi connectivity index (χ1) is 11.7. The van der Waals surface area contributed by atoms with E-state index >= 15 is 0 Å². The van der Waals surface area contributed by atoms with Crippen molar-refractivity contribution in [3.63, 3.8) is 0 Å². The first-order valence-corrected chi connectivity index (χ1v) is 9.69. The summed E-state index contributed by atoms with van der Waals surface area (Å²) in [5, 5.41) is 0.718. The molecule has 0 spiro atoms. The molecule has 0 radical (unpaired) electrons. The van der Waals surface area contributed by atoms with Crippen molar-refractivity contribution in [1.29, 1.82) is 0 Å². The predicted molar refractivity (Wildman–Crippen MR) is 102 cm³/mol. The highest BCUT2D eigenvalue weighted by Crippen LogP contribution is 2.42. The molecule has 2 fully saturated rings. The number of hydrogen-bond acceptors (Lipinski definition) is 3. The molecule has 3 nitrogen and oxygen atoms in total. The van der Waals surface area contributed by atoms with Gasteiger partial charge in [-0.05, 0) is 54.8 Å². The Morgan fingerprint density at radius 3 is 2.21 bits per heavy atom. The SMILES string of the molecule is O=C1CS[C@H](c2ccc(N3CCCC3)cc2)N1c1ccc(Cl)cc1. The molecule has 2 aromatic carbocycles. The summed E-state index contributed by atoms with van der Waals surface area (Å²) >= 11 is 7.65. The molecule has 2 aliphatic heterocycles. The number of thioether (sulfide) groups is 1. The van der Waals surface area contributed by atoms with Crippen molar-refractivity contribution in [3.8, 4) is 0 Å². The van der Waals surface area contributed by atoms with E-state index < -0.39 is 0 Å². The van der Waals surface area contributed by atoms with Crippen LogP contribution < -0.4 is 9.80 Å². The van der Waals surface area contributed by atoms with Gasteiger partial charge in [-0.3, -0.25) is 9.69 Å². The molecule has 0 unspecified atom stereocenters. The Balaban J connectivity index is 1.59. The topological polar surface area (TPSA) is 23.6 Å². The van der Waals surface area contributed by atoms with E-state index in [4.69, 9.17) is 11.6 Å². The van der Waals surface area contributed by atoms with Gasteiger partial charge in [-0.2, -0.15) is 0 Å². The van der Waals surface area contributed by atoms with Gasteiger partial charge in [0.25, 0.3) is 0 Å². The zero-order chi connectivity index (χ0) is 16.5. The van der Waals surface area contributed by atoms with Crippen LogP contribution in [0.5, 0.6) is 0 Å². The molecule has 5 heteroatoms. The first kappa shape index (κ1) is 15.9. The fraction of sp³-hybridized carbons (Fsp3) is 0.316. The lowest BCUT2D eigenvalue weighted by Crippen LogP contribution is -2.27. The molecule has 24 heavy (non-hydrogen) atoms. The highest BCUT2D eigenvalue weighted by atomic mass is 35.5. The van der Waals surface area contributed by atoms with Gasteiger partial charge in [0, 0.05) is 29.5 Å². The van der Waals surface area contributed by atoms with E-state index in [9.17, 15) is 4.79 Å². The van der Waals surface area contributed by atoms with Gasteiger partial charge in [-0.15, -0.1) is 11.8 Å². The number of anilines is 2. The molecular weight excluding hydrogens is 340 g/mol. The fourth-order valence-electron chi connectivity index (χ4n) is 3.38. The molecule has 2 aromatic rings. The molecule has 2 aliphatic rings. The van der Waals surface area contributed by atoms with Gasteiger partial charge in [0.1, 0.15) is 5.37 Å². The summed E-state index contributed by atoms with van der Waals surface area (Å²) in [5.74, 6) is 0.664. The van der Waals surface area contributed by atoms with Gasteiger partial charge in [-0.25, -0.2) is 0 Å². The summed E-state index contributed by atoms with van der Waals surface area (Å²) in [6.07, 6.45) is 2.55. The van der Waals surface area contributed by atoms with E-state index in [1.165, 1.54) is 24.1 Å². The van der Waals surface area contributed by atoms with E-state index in [0.717, 1.165) is 18.8 Å². The van der Waals surface area contributed by atoms with Crippen molar-refractivity contribution in [1.82, 2.24) is 0 Å². The molecule has 1 atom stereocenters. The molecule has 0 aromatic heterocycles. The molecular formula is C19H19ClN2OS. The smallest absolute Gasteiger partial charge is 0.238 e. The zero-order valence-corrected chi connectivity index (χ0v) is 14.9. The summed E-state index contributed by atoms with van der Waals surface area (Å²) in [6.45, 7) is 2.29. The summed E-state index contributed by atoms with van der Waals surface area (Å²) in [6, 6.07) is 16.2. The first-order valence-electron chi connectivity index (χ1n) is 8.26. The van der Waals surface area contributed by atoms with Gasteiger partial charge < -0.3 is 4.90 Å². The van der Waals surface area contributed by atoms with Crippen molar-refractivity contribution < 1.29 is 4.79 Å². The van der Waals surface area contributed by atoms with Crippen LogP contribution in [0.3, 0.4) is 0 Å². The quantitative estimate of drug-likeness (QED) is 0.793. The highest BCUT2D eigenvalue weighted by Gasteiger charge is 2.34. The van der Waals surface area contributed by atoms with Crippen molar-refractivity contribution in [2.75, 3.05) is 28.6 Å². The van der Waals surface area contributed by atoms with Crippen LogP contribution in [-0.4, -0.2) is 24.7 Å². The Morgan fingerprint density at radius 2 is 1.54 bits per heavy atom. The third-order valence-electron chi connectivity index (χ3n) is 4.62. The second-order valence-corrected chi connectivity index (χ2v) is 7.69. The second kappa shape index (κ2) is 6.69. The highest BCUT2D eigenvalue weighted by molar-refractivity contribution is 8.00. The van der Waals surface area contributed by atoms with Crippen LogP contribution >= 0.6 is 23.4 Å². The summed E-state index contributed by atoms with van der Waals surface area (Å²) < 4.78 is 0. The minimum atomic E-state index is 0.0336. The maximum Gasteiger partial charge on any atom is 0.238 e. The van der Waals surface area contributed by atoms with Crippen molar-refractivity contribution in [2.45, 2.75) is 18.2 Å². The van der Waals surface area contributed by atoms with Gasteiger partial charge in [-0.1, -0.05) is 23.7 Å². The van der Waals surface area contributed by atoms with Crippen molar-refractivity contribution in [3.05, 3.63) is 59.1 Å². The van der Waals surface area contributed by atoms with E-state index in [1.807, 2.05) is 29.2 Å². The molecule has 0 bridgehead atoms. The Hall–Kier alpha value is -1.65. The van der Waals surface area contributed by atoms with Crippen LogP contribution in [0.1, 0.15) is 23.8 Å². The van der Waals surface area contributed by atoms with Gasteiger partial charge in [0.2, 0.25) is 5.91 Å². The minimum absolute atomic E-state index is 0.0336. The lowest BCUT2D eigenvalue weighted by molar-refractivity contribution is -0.115. The predicted octanol–water partition coefficient (Wildman–Crippen LogP) is 4.72. The Morgan fingerprint density at radius 1 is 0.917 bits per heavy atom. The van der Waals surface area contributed by atoms with Crippen LogP contribution in [0, 0.1) is 0 Å². The number of halogens is 1. The standard InChI is InChI=1S/C19H19ClN2OS/c20-15-5-9-17(10-6-15)22-18(23)13-24-19(22)14-3-7-16(8-4-14)21-11-1-2-12-21/h3-10,19H,1-2,11-13H2/t19-/m1/s1. The molecule has 2 saturated heterocycles. The van der Waals surface area contributed by atoms with Crippen LogP contribution in [0.4, 0.5) is 11.4 Å². The third-order valence-corrected chi connectivity index (χ3v) is 6.09. The number of hydrogen-bond donors (Lipinski definition) is 0. The molecule has 0 N–H and O–H groups in total. The molecule has 124 valence electrons. The number of rotatable bonds is 3. The lowest BCUT2D eigenvalue weighted by atomic mass is 10.1. The number of carbonyl (C=O) groups excluding carboxylic acids is 1. The average Bonchev–Trinajstić information content (AvgIpc) is 3.26. The Labute approximate surface area is 151 Å². The number of benzene rings is 2. The van der Waals surface area contributed by atoms with Crippen LogP contribution in [0.2, 0.25) is 5.02 Å². The molecule has 4 rings (SSSR count). The minimum Gasteiger partial charge on any atom is -0.372 e. The molecule has 0 aliphatic carbocycles. The van der Waals surface area contributed by atoms with Gasteiger partial charge >= 0.3 is 0 Å². The Bertz CT molecular complexity index is 726. The summed E-state index contributed by atoms with van der Waals surface area (Å²) in [7, 11) is 0. The van der Waals surface area contributed by atoms with E-state index in [2.05, 4.69) is 29.2 Å². The van der Waals surface area contributed by atoms with Crippen LogP contribution in [-0.2, 0) is 4.79 Å². The maximum absolute atomic E-state index is 12.4. The largest absolute Gasteiger partial charge is 0.372 e. The summed E-state index contributed by atoms with van der Waals surface area (Å²) in [4.78, 5) is 16.7. The number of carbonyl (C=O) groups is 1. The van der Waals surface area contributed by atoms with E-state index in [-0.39, 0.29) is 11.3 Å². The van der Waals surface area contributed by atoms with E-state index in [0.29, 0.717) is 10.8 Å². The van der Waals surface area contributed by atoms with Crippen LogP contribution in [0.15, 0.2) is 48.5 Å². The molecule has 0 saturated carbocycles. The molecule has 1 amide bonds. The number of amides is 1. The monoisotopic (exact) mass is 358 g/mol. The molecule has 2 heterocycles. The third kappa shape index (κ3) is 3.01. The van der Waals surface area contributed by atoms with Crippen molar-refractivity contribution in [2.24, 2.45) is 0 Å². The lowest BCUT2D eigenvalue weighted by Gasteiger charge is -2.25. The van der Waals surface area contributed by atoms with Gasteiger partial charge in [0.15, 0.2) is 0 Å². The van der Waals surface area contributed by atoms with Crippen molar-refractivity contribution >= 4 is 40.6 Å².